The molecule has 0 spiro atoms. The Bertz CT molecular complexity index is 861. The van der Waals surface area contributed by atoms with E-state index >= 15 is 0 Å². The average Bonchev–Trinajstić information content (AvgIpc) is 2.69. The van der Waals surface area contributed by atoms with Crippen LogP contribution in [0.4, 0.5) is 5.82 Å². The van der Waals surface area contributed by atoms with E-state index in [1.807, 2.05) is 30.5 Å². The highest BCUT2D eigenvalue weighted by Crippen LogP contribution is 2.28. The molecular weight excluding hydrogens is 324 g/mol. The standard InChI is InChI=1S/C20H24N6/c1-15(13-26-11-9-21-10-12-26)25-20-17-6-4-5-16(19(17)23-14-24-20)18-7-2-3-8-22-18/h2-8,14-15,21H,9-13H2,1H3,(H,23,24,25). The summed E-state index contributed by atoms with van der Waals surface area (Å²) in [5.41, 5.74) is 2.89. The molecule has 0 saturated carbocycles. The summed E-state index contributed by atoms with van der Waals surface area (Å²) in [5, 5.41) is 8.00. The van der Waals surface area contributed by atoms with Crippen molar-refractivity contribution in [2.75, 3.05) is 38.0 Å². The molecule has 6 nitrogen and oxygen atoms in total. The van der Waals surface area contributed by atoms with Crippen LogP contribution in [-0.2, 0) is 0 Å². The number of hydrogen-bond donors (Lipinski definition) is 2. The zero-order valence-electron chi connectivity index (χ0n) is 15.0. The molecule has 1 saturated heterocycles. The lowest BCUT2D eigenvalue weighted by molar-refractivity contribution is 0.235. The Kier molecular flexibility index (Phi) is 5.04. The molecule has 1 atom stereocenters. The normalized spacial score (nSPS) is 16.5. The summed E-state index contributed by atoms with van der Waals surface area (Å²) < 4.78 is 0. The number of pyridine rings is 1. The third kappa shape index (κ3) is 3.66. The van der Waals surface area contributed by atoms with Crippen LogP contribution in [0.2, 0.25) is 0 Å². The van der Waals surface area contributed by atoms with Crippen LogP contribution in [0.25, 0.3) is 22.2 Å². The maximum Gasteiger partial charge on any atom is 0.137 e. The van der Waals surface area contributed by atoms with Gasteiger partial charge in [-0.05, 0) is 25.1 Å². The summed E-state index contributed by atoms with van der Waals surface area (Å²) in [4.78, 5) is 16.0. The van der Waals surface area contributed by atoms with Crippen LogP contribution in [0.5, 0.6) is 0 Å². The number of para-hydroxylation sites is 1. The van der Waals surface area contributed by atoms with Gasteiger partial charge in [0.15, 0.2) is 0 Å². The molecule has 26 heavy (non-hydrogen) atoms. The van der Waals surface area contributed by atoms with Crippen LogP contribution in [0.15, 0.2) is 48.9 Å². The van der Waals surface area contributed by atoms with Crippen molar-refractivity contribution >= 4 is 16.7 Å². The maximum absolute atomic E-state index is 4.53. The number of aromatic nitrogens is 3. The fraction of sp³-hybridized carbons (Fsp3) is 0.350. The molecule has 1 aromatic carbocycles. The van der Waals surface area contributed by atoms with Crippen LogP contribution in [0, 0.1) is 0 Å². The van der Waals surface area contributed by atoms with Gasteiger partial charge < -0.3 is 10.6 Å². The number of nitrogens with one attached hydrogen (secondary N) is 2. The van der Waals surface area contributed by atoms with Gasteiger partial charge in [0.1, 0.15) is 12.1 Å². The van der Waals surface area contributed by atoms with Crippen molar-refractivity contribution in [3.05, 3.63) is 48.9 Å². The molecule has 6 heteroatoms. The van der Waals surface area contributed by atoms with Crippen molar-refractivity contribution in [1.29, 1.82) is 0 Å². The first-order valence-electron chi connectivity index (χ1n) is 9.16. The number of benzene rings is 1. The minimum Gasteiger partial charge on any atom is -0.366 e. The second kappa shape index (κ2) is 7.76. The van der Waals surface area contributed by atoms with Crippen molar-refractivity contribution in [1.82, 2.24) is 25.2 Å². The number of rotatable bonds is 5. The fourth-order valence-electron chi connectivity index (χ4n) is 3.49. The molecule has 134 valence electrons. The molecule has 2 aromatic heterocycles. The first-order chi connectivity index (χ1) is 12.8. The molecule has 1 aliphatic rings. The summed E-state index contributed by atoms with van der Waals surface area (Å²) >= 11 is 0. The molecule has 4 rings (SSSR count). The van der Waals surface area contributed by atoms with Gasteiger partial charge in [-0.2, -0.15) is 0 Å². The van der Waals surface area contributed by atoms with Gasteiger partial charge in [-0.1, -0.05) is 18.2 Å². The number of fused-ring (bicyclic) bond motifs is 1. The lowest BCUT2D eigenvalue weighted by atomic mass is 10.1. The van der Waals surface area contributed by atoms with Crippen LogP contribution in [-0.4, -0.2) is 58.6 Å². The van der Waals surface area contributed by atoms with Crippen molar-refractivity contribution in [3.63, 3.8) is 0 Å². The van der Waals surface area contributed by atoms with Crippen molar-refractivity contribution in [3.8, 4) is 11.3 Å². The Morgan fingerprint density at radius 3 is 2.77 bits per heavy atom. The molecule has 0 amide bonds. The van der Waals surface area contributed by atoms with Crippen LogP contribution in [0.3, 0.4) is 0 Å². The molecule has 0 aliphatic carbocycles. The van der Waals surface area contributed by atoms with E-state index in [4.69, 9.17) is 0 Å². The minimum absolute atomic E-state index is 0.310. The molecule has 3 aromatic rings. The summed E-state index contributed by atoms with van der Waals surface area (Å²) in [6.45, 7) is 7.54. The van der Waals surface area contributed by atoms with Crippen LogP contribution in [0.1, 0.15) is 6.92 Å². The van der Waals surface area contributed by atoms with Gasteiger partial charge in [-0.25, -0.2) is 9.97 Å². The molecule has 1 aliphatic heterocycles. The second-order valence-corrected chi connectivity index (χ2v) is 6.73. The van der Waals surface area contributed by atoms with Gasteiger partial charge in [0.2, 0.25) is 0 Å². The number of anilines is 1. The monoisotopic (exact) mass is 348 g/mol. The molecule has 2 N–H and O–H groups in total. The van der Waals surface area contributed by atoms with Gasteiger partial charge in [0.05, 0.1) is 11.2 Å². The second-order valence-electron chi connectivity index (χ2n) is 6.73. The molecule has 1 unspecified atom stereocenters. The number of nitrogens with zero attached hydrogens (tertiary/aromatic N) is 4. The predicted molar refractivity (Wildman–Crippen MR) is 105 cm³/mol. The molecule has 3 heterocycles. The van der Waals surface area contributed by atoms with E-state index in [-0.39, 0.29) is 0 Å². The Hall–Kier alpha value is -2.57. The highest BCUT2D eigenvalue weighted by atomic mass is 15.2. The average molecular weight is 348 g/mol. The highest BCUT2D eigenvalue weighted by molar-refractivity contribution is 5.98. The predicted octanol–water partition coefficient (Wildman–Crippen LogP) is 2.40. The summed E-state index contributed by atoms with van der Waals surface area (Å²) in [6, 6.07) is 12.4. The largest absolute Gasteiger partial charge is 0.366 e. The minimum atomic E-state index is 0.310. The van der Waals surface area contributed by atoms with Crippen molar-refractivity contribution < 1.29 is 0 Å². The Morgan fingerprint density at radius 1 is 1.08 bits per heavy atom. The lowest BCUT2D eigenvalue weighted by Gasteiger charge is -2.30. The van der Waals surface area contributed by atoms with E-state index in [0.29, 0.717) is 6.04 Å². The highest BCUT2D eigenvalue weighted by Gasteiger charge is 2.15. The fourth-order valence-corrected chi connectivity index (χ4v) is 3.49. The molecular formula is C20H24N6. The van der Waals surface area contributed by atoms with Crippen molar-refractivity contribution in [2.24, 2.45) is 0 Å². The summed E-state index contributed by atoms with van der Waals surface area (Å²) in [5.74, 6) is 0.885. The quantitative estimate of drug-likeness (QED) is 0.738. The van der Waals surface area contributed by atoms with Gasteiger partial charge >= 0.3 is 0 Å². The Morgan fingerprint density at radius 2 is 1.96 bits per heavy atom. The Labute approximate surface area is 153 Å². The number of piperazine rings is 1. The third-order valence-corrected chi connectivity index (χ3v) is 4.73. The van der Waals surface area contributed by atoms with Crippen LogP contribution < -0.4 is 10.6 Å². The van der Waals surface area contributed by atoms with Crippen molar-refractivity contribution in [2.45, 2.75) is 13.0 Å². The lowest BCUT2D eigenvalue weighted by Crippen LogP contribution is -2.47. The smallest absolute Gasteiger partial charge is 0.137 e. The Balaban J connectivity index is 1.60. The first kappa shape index (κ1) is 16.9. The zero-order valence-corrected chi connectivity index (χ0v) is 15.0. The number of hydrogen-bond acceptors (Lipinski definition) is 6. The molecule has 1 fully saturated rings. The van der Waals surface area contributed by atoms with E-state index in [2.05, 4.69) is 49.5 Å². The third-order valence-electron chi connectivity index (χ3n) is 4.73. The zero-order chi connectivity index (χ0) is 17.8. The molecule has 0 radical (unpaired) electrons. The maximum atomic E-state index is 4.53. The van der Waals surface area contributed by atoms with E-state index < -0.39 is 0 Å². The topological polar surface area (TPSA) is 66.0 Å². The van der Waals surface area contributed by atoms with Gasteiger partial charge in [-0.15, -0.1) is 0 Å². The van der Waals surface area contributed by atoms with E-state index in [9.17, 15) is 0 Å². The van der Waals surface area contributed by atoms with Crippen LogP contribution >= 0.6 is 0 Å². The van der Waals surface area contributed by atoms with Gasteiger partial charge in [0.25, 0.3) is 0 Å². The van der Waals surface area contributed by atoms with E-state index in [1.54, 1.807) is 6.33 Å². The van der Waals surface area contributed by atoms with Gasteiger partial charge in [-0.3, -0.25) is 9.88 Å². The molecule has 0 bridgehead atoms. The summed E-state index contributed by atoms with van der Waals surface area (Å²) in [6.07, 6.45) is 3.44. The first-order valence-corrected chi connectivity index (χ1v) is 9.16. The van der Waals surface area contributed by atoms with E-state index in [1.165, 1.54) is 0 Å². The van der Waals surface area contributed by atoms with Gasteiger partial charge in [0, 0.05) is 55.9 Å². The summed E-state index contributed by atoms with van der Waals surface area (Å²) in [7, 11) is 0. The SMILES string of the molecule is CC(CN1CCNCC1)Nc1ncnc2c(-c3ccccn3)cccc12. The van der Waals surface area contributed by atoms with E-state index in [0.717, 1.165) is 60.7 Å².